The van der Waals surface area contributed by atoms with Gasteiger partial charge in [-0.25, -0.2) is 0 Å². The van der Waals surface area contributed by atoms with Gasteiger partial charge in [-0.15, -0.1) is 0 Å². The summed E-state index contributed by atoms with van der Waals surface area (Å²) in [7, 11) is 0. The van der Waals surface area contributed by atoms with Crippen LogP contribution in [0.1, 0.15) is 0 Å². The van der Waals surface area contributed by atoms with Crippen LogP contribution in [0.2, 0.25) is 0 Å². The quantitative estimate of drug-likeness (QED) is 0.286. The van der Waals surface area contributed by atoms with Crippen LogP contribution in [0, 0.1) is 0 Å². The van der Waals surface area contributed by atoms with E-state index in [4.69, 9.17) is 14.2 Å². The number of rotatable bonds is 12. The molecule has 0 unspecified atom stereocenters. The molecule has 0 spiro atoms. The predicted octanol–water partition coefficient (Wildman–Crippen LogP) is -0.444. The summed E-state index contributed by atoms with van der Waals surface area (Å²) in [6.07, 6.45) is 2.34. The molecule has 0 fully saturated rings. The second-order valence-electron chi connectivity index (χ2n) is 3.21. The van der Waals surface area contributed by atoms with E-state index < -0.39 is 0 Å². The zero-order valence-electron chi connectivity index (χ0n) is 10.9. The molecule has 0 aliphatic rings. The molecule has 7 heteroatoms. The van der Waals surface area contributed by atoms with Gasteiger partial charge in [0.1, 0.15) is 13.5 Å². The van der Waals surface area contributed by atoms with Gasteiger partial charge in [0.05, 0.1) is 26.4 Å². The van der Waals surface area contributed by atoms with E-state index in [1.54, 1.807) is 0 Å². The van der Waals surface area contributed by atoms with E-state index in [0.29, 0.717) is 26.4 Å². The number of ether oxygens (including phenoxy) is 3. The summed E-state index contributed by atoms with van der Waals surface area (Å²) in [5.41, 5.74) is 0. The Bertz CT molecular complexity index is 266. The average molecular weight is 272 g/mol. The van der Waals surface area contributed by atoms with E-state index in [9.17, 15) is 9.59 Å². The fourth-order valence-corrected chi connectivity index (χ4v) is 0.871. The number of hydrogen-bond acceptors (Lipinski definition) is 5. The van der Waals surface area contributed by atoms with Crippen LogP contribution in [0.3, 0.4) is 0 Å². The van der Waals surface area contributed by atoms with Gasteiger partial charge in [0, 0.05) is 0 Å². The molecule has 0 radical (unpaired) electrons. The van der Waals surface area contributed by atoms with Crippen molar-refractivity contribution in [2.24, 2.45) is 0 Å². The van der Waals surface area contributed by atoms with E-state index in [0.717, 1.165) is 0 Å². The van der Waals surface area contributed by atoms with Crippen molar-refractivity contribution < 1.29 is 23.8 Å². The van der Waals surface area contributed by atoms with Gasteiger partial charge in [0.2, 0.25) is 11.8 Å². The molecule has 2 N–H and O–H groups in total. The molecule has 0 aromatic carbocycles. The lowest BCUT2D eigenvalue weighted by Crippen LogP contribution is -2.25. The zero-order valence-corrected chi connectivity index (χ0v) is 10.9. The van der Waals surface area contributed by atoms with Gasteiger partial charge >= 0.3 is 0 Å². The zero-order chi connectivity index (χ0) is 14.3. The van der Waals surface area contributed by atoms with E-state index in [1.807, 2.05) is 0 Å². The Morgan fingerprint density at radius 1 is 0.789 bits per heavy atom. The van der Waals surface area contributed by atoms with Crippen LogP contribution >= 0.6 is 0 Å². The highest BCUT2D eigenvalue weighted by Gasteiger charge is 1.94. The van der Waals surface area contributed by atoms with Crippen LogP contribution < -0.4 is 10.6 Å². The highest BCUT2D eigenvalue weighted by molar-refractivity contribution is 5.86. The van der Waals surface area contributed by atoms with Crippen LogP contribution in [0.25, 0.3) is 0 Å². The van der Waals surface area contributed by atoms with Crippen LogP contribution in [-0.2, 0) is 23.8 Å². The minimum absolute atomic E-state index is 0.123. The normalized spacial score (nSPS) is 9.68. The minimum atomic E-state index is -0.282. The molecule has 0 aromatic rings. The van der Waals surface area contributed by atoms with Crippen molar-refractivity contribution in [1.29, 1.82) is 0 Å². The molecule has 0 bridgehead atoms. The maximum absolute atomic E-state index is 10.7. The molecule has 0 heterocycles. The molecule has 0 saturated carbocycles. The molecular formula is C12H20N2O5. The fourth-order valence-electron chi connectivity index (χ4n) is 0.871. The van der Waals surface area contributed by atoms with Crippen LogP contribution in [-0.4, -0.2) is 51.7 Å². The lowest BCUT2D eigenvalue weighted by atomic mass is 10.6. The summed E-state index contributed by atoms with van der Waals surface area (Å²) in [5, 5.41) is 4.92. The Morgan fingerprint density at radius 2 is 1.16 bits per heavy atom. The molecule has 2 amide bonds. The lowest BCUT2D eigenvalue weighted by molar-refractivity contribution is -0.118. The van der Waals surface area contributed by atoms with Crippen molar-refractivity contribution >= 4 is 11.8 Å². The van der Waals surface area contributed by atoms with Crippen LogP contribution in [0.5, 0.6) is 0 Å². The highest BCUT2D eigenvalue weighted by atomic mass is 16.5. The summed E-state index contributed by atoms with van der Waals surface area (Å²) >= 11 is 0. The Labute approximate surface area is 112 Å². The molecule has 19 heavy (non-hydrogen) atoms. The number of carbonyl (C=O) groups is 2. The van der Waals surface area contributed by atoms with E-state index in [1.165, 1.54) is 12.2 Å². The number of amides is 2. The van der Waals surface area contributed by atoms with Crippen molar-refractivity contribution in [3.63, 3.8) is 0 Å². The van der Waals surface area contributed by atoms with Gasteiger partial charge < -0.3 is 24.8 Å². The Kier molecular flexibility index (Phi) is 11.6. The second kappa shape index (κ2) is 12.7. The smallest absolute Gasteiger partial charge is 0.245 e. The number of hydrogen-bond donors (Lipinski definition) is 2. The summed E-state index contributed by atoms with van der Waals surface area (Å²) < 4.78 is 15.3. The molecule has 7 nitrogen and oxygen atoms in total. The van der Waals surface area contributed by atoms with Crippen molar-refractivity contribution in [2.75, 3.05) is 39.9 Å². The minimum Gasteiger partial charge on any atom is -0.377 e. The van der Waals surface area contributed by atoms with E-state index >= 15 is 0 Å². The van der Waals surface area contributed by atoms with Crippen LogP contribution in [0.15, 0.2) is 25.3 Å². The van der Waals surface area contributed by atoms with Crippen LogP contribution in [0.4, 0.5) is 0 Å². The van der Waals surface area contributed by atoms with Gasteiger partial charge in [-0.1, -0.05) is 13.2 Å². The Morgan fingerprint density at radius 3 is 1.53 bits per heavy atom. The van der Waals surface area contributed by atoms with Gasteiger partial charge in [-0.05, 0) is 12.2 Å². The third-order valence-electron chi connectivity index (χ3n) is 1.81. The molecular weight excluding hydrogens is 252 g/mol. The SMILES string of the molecule is C=CC(=O)NCOCCOCCOCNC(=O)C=C. The maximum Gasteiger partial charge on any atom is 0.245 e. The molecule has 0 aliphatic carbocycles. The monoisotopic (exact) mass is 272 g/mol. The molecule has 0 aromatic heterocycles. The summed E-state index contributed by atoms with van der Waals surface area (Å²) in [6.45, 7) is 8.37. The first kappa shape index (κ1) is 17.3. The molecule has 108 valence electrons. The highest BCUT2D eigenvalue weighted by Crippen LogP contribution is 1.80. The molecule has 0 rings (SSSR count). The van der Waals surface area contributed by atoms with Gasteiger partial charge in [-0.3, -0.25) is 9.59 Å². The Hall–Kier alpha value is -1.70. The summed E-state index contributed by atoms with van der Waals surface area (Å²) in [6, 6.07) is 0. The number of nitrogens with one attached hydrogen (secondary N) is 2. The molecule has 0 aliphatic heterocycles. The summed E-state index contributed by atoms with van der Waals surface area (Å²) in [5.74, 6) is -0.563. The Balaban J connectivity index is 3.10. The van der Waals surface area contributed by atoms with Gasteiger partial charge in [-0.2, -0.15) is 0 Å². The van der Waals surface area contributed by atoms with Crippen molar-refractivity contribution in [3.8, 4) is 0 Å². The summed E-state index contributed by atoms with van der Waals surface area (Å²) in [4.78, 5) is 21.4. The van der Waals surface area contributed by atoms with E-state index in [2.05, 4.69) is 23.8 Å². The average Bonchev–Trinajstić information content (AvgIpc) is 2.43. The van der Waals surface area contributed by atoms with Crippen molar-refractivity contribution in [3.05, 3.63) is 25.3 Å². The third-order valence-corrected chi connectivity index (χ3v) is 1.81. The first-order valence-electron chi connectivity index (χ1n) is 5.74. The van der Waals surface area contributed by atoms with Crippen molar-refractivity contribution in [1.82, 2.24) is 10.6 Å². The largest absolute Gasteiger partial charge is 0.377 e. The number of carbonyl (C=O) groups excluding carboxylic acids is 2. The van der Waals surface area contributed by atoms with Gasteiger partial charge in [0.15, 0.2) is 0 Å². The second-order valence-corrected chi connectivity index (χ2v) is 3.21. The third kappa shape index (κ3) is 12.5. The lowest BCUT2D eigenvalue weighted by Gasteiger charge is -2.07. The fraction of sp³-hybridized carbons (Fsp3) is 0.500. The first-order chi connectivity index (χ1) is 9.20. The molecule has 0 atom stereocenters. The van der Waals surface area contributed by atoms with Gasteiger partial charge in [0.25, 0.3) is 0 Å². The van der Waals surface area contributed by atoms with Crippen molar-refractivity contribution in [2.45, 2.75) is 0 Å². The topological polar surface area (TPSA) is 85.9 Å². The standard InChI is InChI=1S/C12H20N2O5/c1-3-11(15)13-9-18-7-5-17-6-8-19-10-14-12(16)4-2/h3-4H,1-2,5-10H2,(H,13,15)(H,14,16). The van der Waals surface area contributed by atoms with E-state index in [-0.39, 0.29) is 25.3 Å². The first-order valence-corrected chi connectivity index (χ1v) is 5.74. The maximum atomic E-state index is 10.7. The predicted molar refractivity (Wildman–Crippen MR) is 69.1 cm³/mol. The molecule has 0 saturated heterocycles.